The summed E-state index contributed by atoms with van der Waals surface area (Å²) >= 11 is 0. The molecular weight excluding hydrogens is 294 g/mol. The van der Waals surface area contributed by atoms with Crippen molar-refractivity contribution in [1.82, 2.24) is 4.90 Å². The number of aliphatic hydroxyl groups is 1. The topological polar surface area (TPSA) is 77.8 Å². The molecule has 5 heteroatoms. The van der Waals surface area contributed by atoms with Crippen molar-refractivity contribution in [2.45, 2.75) is 45.1 Å². The number of hydrogen-bond donors (Lipinski definition) is 2. The van der Waals surface area contributed by atoms with Crippen LogP contribution in [-0.4, -0.2) is 40.1 Å². The predicted octanol–water partition coefficient (Wildman–Crippen LogP) is 2.21. The Morgan fingerprint density at radius 1 is 1.09 bits per heavy atom. The Bertz CT molecular complexity index is 544. The molecule has 1 aromatic rings. The Morgan fingerprint density at radius 2 is 1.83 bits per heavy atom. The van der Waals surface area contributed by atoms with E-state index in [2.05, 4.69) is 12.1 Å². The van der Waals surface area contributed by atoms with E-state index >= 15 is 0 Å². The second-order valence-electron chi connectivity index (χ2n) is 6.25. The van der Waals surface area contributed by atoms with Crippen molar-refractivity contribution in [3.63, 3.8) is 0 Å². The third kappa shape index (κ3) is 5.36. The number of carbonyl (C=O) groups is 2. The van der Waals surface area contributed by atoms with Gasteiger partial charge < -0.3 is 15.1 Å². The Morgan fingerprint density at radius 3 is 2.52 bits per heavy atom. The summed E-state index contributed by atoms with van der Waals surface area (Å²) in [4.78, 5) is 25.2. The van der Waals surface area contributed by atoms with Crippen molar-refractivity contribution < 1.29 is 19.8 Å². The summed E-state index contributed by atoms with van der Waals surface area (Å²) in [5.41, 5.74) is 2.46. The lowest BCUT2D eigenvalue weighted by molar-refractivity contribution is -0.139. The summed E-state index contributed by atoms with van der Waals surface area (Å²) in [5, 5.41) is 18.1. The van der Waals surface area contributed by atoms with E-state index in [1.807, 2.05) is 17.0 Å². The molecule has 1 aliphatic heterocycles. The van der Waals surface area contributed by atoms with Crippen LogP contribution in [-0.2, 0) is 22.6 Å². The highest BCUT2D eigenvalue weighted by Gasteiger charge is 2.22. The fraction of sp³-hybridized carbons (Fsp3) is 0.556. The molecule has 0 bridgehead atoms. The number of amides is 1. The van der Waals surface area contributed by atoms with Crippen molar-refractivity contribution in [2.24, 2.45) is 5.92 Å². The molecule has 23 heavy (non-hydrogen) atoms. The largest absolute Gasteiger partial charge is 0.481 e. The highest BCUT2D eigenvalue weighted by molar-refractivity contribution is 5.77. The number of hydrogen-bond acceptors (Lipinski definition) is 3. The number of aliphatic carboxylic acids is 1. The molecule has 1 amide bonds. The van der Waals surface area contributed by atoms with Gasteiger partial charge in [0.1, 0.15) is 0 Å². The molecule has 1 heterocycles. The summed E-state index contributed by atoms with van der Waals surface area (Å²) in [5.74, 6) is -1.56. The number of carboxylic acids is 1. The summed E-state index contributed by atoms with van der Waals surface area (Å²) in [6.07, 6.45) is 4.12. The van der Waals surface area contributed by atoms with Gasteiger partial charge in [-0.15, -0.1) is 0 Å². The molecule has 1 atom stereocenters. The SMILES string of the molecule is O=C(O)CC(CO)CC(=O)N1CCCCCc2ccccc2C1. The van der Waals surface area contributed by atoms with Gasteiger partial charge in [0.15, 0.2) is 0 Å². The average Bonchev–Trinajstić information content (AvgIpc) is 2.63. The summed E-state index contributed by atoms with van der Waals surface area (Å²) < 4.78 is 0. The van der Waals surface area contributed by atoms with Gasteiger partial charge in [-0.05, 0) is 30.4 Å². The number of fused-ring (bicyclic) bond motifs is 1. The van der Waals surface area contributed by atoms with Crippen molar-refractivity contribution in [3.8, 4) is 0 Å². The number of nitrogens with zero attached hydrogens (tertiary/aromatic N) is 1. The van der Waals surface area contributed by atoms with Crippen LogP contribution in [0.3, 0.4) is 0 Å². The maximum Gasteiger partial charge on any atom is 0.303 e. The molecule has 0 radical (unpaired) electrons. The van der Waals surface area contributed by atoms with E-state index in [1.165, 1.54) is 11.1 Å². The minimum Gasteiger partial charge on any atom is -0.481 e. The second-order valence-corrected chi connectivity index (χ2v) is 6.25. The number of aliphatic hydroxyl groups excluding tert-OH is 1. The first-order valence-electron chi connectivity index (χ1n) is 8.27. The molecule has 2 rings (SSSR count). The minimum atomic E-state index is -0.980. The molecule has 0 saturated carbocycles. The molecular formula is C18H25NO4. The number of carbonyl (C=O) groups excluding carboxylic acids is 1. The van der Waals surface area contributed by atoms with Crippen LogP contribution in [0.15, 0.2) is 24.3 Å². The minimum absolute atomic E-state index is 0.0676. The molecule has 5 nitrogen and oxygen atoms in total. The lowest BCUT2D eigenvalue weighted by Gasteiger charge is -2.25. The molecule has 0 aromatic heterocycles. The molecule has 1 aliphatic rings. The van der Waals surface area contributed by atoms with Gasteiger partial charge in [0, 0.05) is 32.0 Å². The highest BCUT2D eigenvalue weighted by Crippen LogP contribution is 2.20. The highest BCUT2D eigenvalue weighted by atomic mass is 16.4. The Balaban J connectivity index is 2.07. The first-order valence-corrected chi connectivity index (χ1v) is 8.27. The zero-order valence-corrected chi connectivity index (χ0v) is 13.4. The fourth-order valence-electron chi connectivity index (χ4n) is 3.07. The third-order valence-electron chi connectivity index (χ3n) is 4.39. The van der Waals surface area contributed by atoms with Gasteiger partial charge in [0.05, 0.1) is 6.42 Å². The van der Waals surface area contributed by atoms with Gasteiger partial charge in [0.25, 0.3) is 0 Å². The van der Waals surface area contributed by atoms with Crippen LogP contribution < -0.4 is 0 Å². The predicted molar refractivity (Wildman–Crippen MR) is 86.9 cm³/mol. The van der Waals surface area contributed by atoms with Crippen LogP contribution in [0.4, 0.5) is 0 Å². The number of carboxylic acid groups (broad SMARTS) is 1. The molecule has 0 aliphatic carbocycles. The summed E-state index contributed by atoms with van der Waals surface area (Å²) in [6.45, 7) is 0.987. The summed E-state index contributed by atoms with van der Waals surface area (Å²) in [7, 11) is 0. The van der Waals surface area contributed by atoms with Crippen LogP contribution in [0.5, 0.6) is 0 Å². The Labute approximate surface area is 136 Å². The van der Waals surface area contributed by atoms with Crippen LogP contribution >= 0.6 is 0 Å². The van der Waals surface area contributed by atoms with Crippen LogP contribution in [0.2, 0.25) is 0 Å². The molecule has 126 valence electrons. The monoisotopic (exact) mass is 319 g/mol. The second kappa shape index (κ2) is 8.67. The van der Waals surface area contributed by atoms with Gasteiger partial charge in [-0.2, -0.15) is 0 Å². The number of benzene rings is 1. The first kappa shape index (κ1) is 17.5. The van der Waals surface area contributed by atoms with Crippen LogP contribution in [0.25, 0.3) is 0 Å². The van der Waals surface area contributed by atoms with Crippen molar-refractivity contribution in [3.05, 3.63) is 35.4 Å². The average molecular weight is 319 g/mol. The van der Waals surface area contributed by atoms with Gasteiger partial charge in [0.2, 0.25) is 5.91 Å². The lowest BCUT2D eigenvalue weighted by Crippen LogP contribution is -2.33. The molecule has 1 unspecified atom stereocenters. The standard InChI is InChI=1S/C18H25NO4/c20-13-14(11-18(22)23)10-17(21)19-9-5-1-2-6-15-7-3-4-8-16(15)12-19/h3-4,7-8,14,20H,1-2,5-6,9-13H2,(H,22,23). The van der Waals surface area contributed by atoms with E-state index in [9.17, 15) is 14.7 Å². The smallest absolute Gasteiger partial charge is 0.303 e. The van der Waals surface area contributed by atoms with E-state index in [0.29, 0.717) is 13.1 Å². The maximum absolute atomic E-state index is 12.6. The van der Waals surface area contributed by atoms with E-state index in [-0.39, 0.29) is 25.4 Å². The first-order chi connectivity index (χ1) is 11.1. The molecule has 0 saturated heterocycles. The normalized spacial score (nSPS) is 16.7. The van der Waals surface area contributed by atoms with E-state index in [0.717, 1.165) is 25.7 Å². The van der Waals surface area contributed by atoms with Crippen molar-refractivity contribution in [2.75, 3.05) is 13.2 Å². The van der Waals surface area contributed by atoms with E-state index in [1.54, 1.807) is 0 Å². The Kier molecular flexibility index (Phi) is 6.59. The van der Waals surface area contributed by atoms with Gasteiger partial charge in [-0.3, -0.25) is 9.59 Å². The number of aryl methyl sites for hydroxylation is 1. The molecule has 2 N–H and O–H groups in total. The zero-order chi connectivity index (χ0) is 16.7. The summed E-state index contributed by atoms with van der Waals surface area (Å²) in [6, 6.07) is 8.18. The zero-order valence-electron chi connectivity index (χ0n) is 13.4. The van der Waals surface area contributed by atoms with Crippen LogP contribution in [0, 0.1) is 5.92 Å². The fourth-order valence-corrected chi connectivity index (χ4v) is 3.07. The van der Waals surface area contributed by atoms with Gasteiger partial charge in [-0.1, -0.05) is 30.7 Å². The molecule has 1 aromatic carbocycles. The maximum atomic E-state index is 12.6. The lowest BCUT2D eigenvalue weighted by atomic mass is 10.0. The van der Waals surface area contributed by atoms with Crippen molar-refractivity contribution in [1.29, 1.82) is 0 Å². The van der Waals surface area contributed by atoms with E-state index < -0.39 is 11.9 Å². The Hall–Kier alpha value is -1.88. The molecule has 0 fully saturated rings. The quantitative estimate of drug-likeness (QED) is 0.872. The van der Waals surface area contributed by atoms with Gasteiger partial charge in [-0.25, -0.2) is 0 Å². The molecule has 0 spiro atoms. The van der Waals surface area contributed by atoms with Crippen molar-refractivity contribution >= 4 is 11.9 Å². The van der Waals surface area contributed by atoms with Gasteiger partial charge >= 0.3 is 5.97 Å². The third-order valence-corrected chi connectivity index (χ3v) is 4.39. The van der Waals surface area contributed by atoms with Crippen LogP contribution in [0.1, 0.15) is 43.2 Å². The van der Waals surface area contributed by atoms with E-state index in [4.69, 9.17) is 5.11 Å². The number of rotatable bonds is 5.